The van der Waals surface area contributed by atoms with Gasteiger partial charge in [0.15, 0.2) is 6.61 Å². The summed E-state index contributed by atoms with van der Waals surface area (Å²) in [6.07, 6.45) is 0.908. The van der Waals surface area contributed by atoms with Crippen LogP contribution in [0.5, 0.6) is 17.2 Å². The fraction of sp³-hybridized carbons (Fsp3) is 0.263. The van der Waals surface area contributed by atoms with Gasteiger partial charge in [-0.25, -0.2) is 4.79 Å². The number of carbonyl (C=O) groups is 2. The van der Waals surface area contributed by atoms with Crippen molar-refractivity contribution in [3.8, 4) is 17.2 Å². The monoisotopic (exact) mass is 359 g/mol. The molecule has 0 heterocycles. The SMILES string of the molecule is COc1ccc(OCCCC(=O)Nc2ccc(OCC(=O)O)cc2)cc1. The van der Waals surface area contributed by atoms with Crippen molar-refractivity contribution >= 4 is 17.6 Å². The minimum absolute atomic E-state index is 0.123. The van der Waals surface area contributed by atoms with Gasteiger partial charge in [-0.05, 0) is 55.0 Å². The summed E-state index contributed by atoms with van der Waals surface area (Å²) in [6, 6.07) is 13.8. The van der Waals surface area contributed by atoms with Gasteiger partial charge in [0.1, 0.15) is 17.2 Å². The minimum Gasteiger partial charge on any atom is -0.497 e. The lowest BCUT2D eigenvalue weighted by Gasteiger charge is -2.08. The van der Waals surface area contributed by atoms with E-state index in [1.54, 1.807) is 31.4 Å². The van der Waals surface area contributed by atoms with E-state index < -0.39 is 12.6 Å². The van der Waals surface area contributed by atoms with Crippen molar-refractivity contribution in [2.24, 2.45) is 0 Å². The molecule has 2 N–H and O–H groups in total. The molecule has 0 radical (unpaired) electrons. The van der Waals surface area contributed by atoms with Crippen LogP contribution in [0, 0.1) is 0 Å². The molecule has 0 unspecified atom stereocenters. The zero-order valence-corrected chi connectivity index (χ0v) is 14.4. The molecule has 2 aromatic carbocycles. The second-order valence-electron chi connectivity index (χ2n) is 5.38. The smallest absolute Gasteiger partial charge is 0.341 e. The molecule has 2 rings (SSSR count). The average molecular weight is 359 g/mol. The fourth-order valence-electron chi connectivity index (χ4n) is 2.10. The number of hydrogen-bond acceptors (Lipinski definition) is 5. The van der Waals surface area contributed by atoms with Crippen LogP contribution in [0.2, 0.25) is 0 Å². The van der Waals surface area contributed by atoms with Crippen LogP contribution in [0.3, 0.4) is 0 Å². The normalized spacial score (nSPS) is 10.0. The maximum absolute atomic E-state index is 11.9. The molecular formula is C19H21NO6. The van der Waals surface area contributed by atoms with E-state index in [-0.39, 0.29) is 5.91 Å². The van der Waals surface area contributed by atoms with Crippen LogP contribution in [0.25, 0.3) is 0 Å². The van der Waals surface area contributed by atoms with Crippen LogP contribution in [0.4, 0.5) is 5.69 Å². The second kappa shape index (κ2) is 9.93. The lowest BCUT2D eigenvalue weighted by atomic mass is 10.2. The summed E-state index contributed by atoms with van der Waals surface area (Å²) < 4.78 is 15.7. The summed E-state index contributed by atoms with van der Waals surface area (Å²) in [5, 5.41) is 11.3. The molecule has 0 saturated carbocycles. The Morgan fingerprint density at radius 3 is 2.12 bits per heavy atom. The molecule has 7 heteroatoms. The number of anilines is 1. The van der Waals surface area contributed by atoms with Gasteiger partial charge in [-0.3, -0.25) is 4.79 Å². The van der Waals surface area contributed by atoms with Crippen LogP contribution in [-0.2, 0) is 9.59 Å². The Kier molecular flexibility index (Phi) is 7.30. The number of aliphatic carboxylic acids is 1. The standard InChI is InChI=1S/C19H21NO6/c1-24-15-8-10-16(11-9-15)25-12-2-3-18(21)20-14-4-6-17(7-5-14)26-13-19(22)23/h4-11H,2-3,12-13H2,1H3,(H,20,21)(H,22,23). The van der Waals surface area contributed by atoms with Gasteiger partial charge in [0.25, 0.3) is 0 Å². The number of carboxylic acids is 1. The topological polar surface area (TPSA) is 94.1 Å². The maximum atomic E-state index is 11.9. The van der Waals surface area contributed by atoms with Gasteiger partial charge in [0, 0.05) is 12.1 Å². The number of methoxy groups -OCH3 is 1. The molecule has 0 spiro atoms. The lowest BCUT2D eigenvalue weighted by Crippen LogP contribution is -2.13. The predicted octanol–water partition coefficient (Wildman–Crippen LogP) is 2.96. The molecule has 0 bridgehead atoms. The highest BCUT2D eigenvalue weighted by molar-refractivity contribution is 5.90. The average Bonchev–Trinajstić information content (AvgIpc) is 2.65. The number of hydrogen-bond donors (Lipinski definition) is 2. The highest BCUT2D eigenvalue weighted by atomic mass is 16.5. The van der Waals surface area contributed by atoms with E-state index in [9.17, 15) is 9.59 Å². The predicted molar refractivity (Wildman–Crippen MR) is 95.9 cm³/mol. The van der Waals surface area contributed by atoms with Crippen LogP contribution in [0.1, 0.15) is 12.8 Å². The van der Waals surface area contributed by atoms with Gasteiger partial charge >= 0.3 is 5.97 Å². The third kappa shape index (κ3) is 6.72. The van der Waals surface area contributed by atoms with Crippen molar-refractivity contribution < 1.29 is 28.9 Å². The third-order valence-electron chi connectivity index (χ3n) is 3.38. The van der Waals surface area contributed by atoms with Crippen LogP contribution in [0.15, 0.2) is 48.5 Å². The number of ether oxygens (including phenoxy) is 3. The van der Waals surface area contributed by atoms with Gasteiger partial charge in [0.05, 0.1) is 13.7 Å². The van der Waals surface area contributed by atoms with E-state index in [0.29, 0.717) is 30.9 Å². The zero-order chi connectivity index (χ0) is 18.8. The van der Waals surface area contributed by atoms with Crippen LogP contribution in [-0.4, -0.2) is 37.3 Å². The molecule has 0 saturated heterocycles. The first kappa shape index (κ1) is 19.1. The first-order valence-corrected chi connectivity index (χ1v) is 8.08. The van der Waals surface area contributed by atoms with Gasteiger partial charge in [-0.1, -0.05) is 0 Å². The van der Waals surface area contributed by atoms with E-state index in [2.05, 4.69) is 5.32 Å². The molecular weight excluding hydrogens is 338 g/mol. The molecule has 0 aliphatic heterocycles. The highest BCUT2D eigenvalue weighted by Gasteiger charge is 2.04. The van der Waals surface area contributed by atoms with E-state index >= 15 is 0 Å². The largest absolute Gasteiger partial charge is 0.497 e. The molecule has 0 aliphatic carbocycles. The number of carbonyl (C=O) groups excluding carboxylic acids is 1. The van der Waals surface area contributed by atoms with Crippen molar-refractivity contribution in [2.45, 2.75) is 12.8 Å². The highest BCUT2D eigenvalue weighted by Crippen LogP contribution is 2.18. The van der Waals surface area contributed by atoms with Crippen molar-refractivity contribution in [3.05, 3.63) is 48.5 Å². The zero-order valence-electron chi connectivity index (χ0n) is 14.4. The summed E-state index contributed by atoms with van der Waals surface area (Å²) in [6.45, 7) is 0.0294. The van der Waals surface area contributed by atoms with E-state index in [0.717, 1.165) is 11.5 Å². The molecule has 1 amide bonds. The third-order valence-corrected chi connectivity index (χ3v) is 3.38. The van der Waals surface area contributed by atoms with Gasteiger partial charge < -0.3 is 24.6 Å². The Hall–Kier alpha value is -3.22. The van der Waals surface area contributed by atoms with Crippen molar-refractivity contribution in [1.82, 2.24) is 0 Å². The van der Waals surface area contributed by atoms with Crippen molar-refractivity contribution in [3.63, 3.8) is 0 Å². The number of amides is 1. The second-order valence-corrected chi connectivity index (χ2v) is 5.38. The van der Waals surface area contributed by atoms with Crippen molar-refractivity contribution in [2.75, 3.05) is 25.6 Å². The van der Waals surface area contributed by atoms with E-state index in [1.165, 1.54) is 0 Å². The van der Waals surface area contributed by atoms with E-state index in [4.69, 9.17) is 19.3 Å². The van der Waals surface area contributed by atoms with Crippen molar-refractivity contribution in [1.29, 1.82) is 0 Å². The number of rotatable bonds is 10. The van der Waals surface area contributed by atoms with Gasteiger partial charge in [-0.2, -0.15) is 0 Å². The first-order valence-electron chi connectivity index (χ1n) is 8.08. The Morgan fingerprint density at radius 2 is 1.50 bits per heavy atom. The lowest BCUT2D eigenvalue weighted by molar-refractivity contribution is -0.139. The first-order chi connectivity index (χ1) is 12.6. The summed E-state index contributed by atoms with van der Waals surface area (Å²) in [7, 11) is 1.60. The summed E-state index contributed by atoms with van der Waals surface area (Å²) in [5.74, 6) is 0.749. The summed E-state index contributed by atoms with van der Waals surface area (Å²) in [4.78, 5) is 22.3. The fourth-order valence-corrected chi connectivity index (χ4v) is 2.10. The molecule has 2 aromatic rings. The Labute approximate surface area is 151 Å². The summed E-state index contributed by atoms with van der Waals surface area (Å²) >= 11 is 0. The quantitative estimate of drug-likeness (QED) is 0.634. The molecule has 0 fully saturated rings. The number of nitrogens with one attached hydrogen (secondary N) is 1. The molecule has 0 atom stereocenters. The summed E-state index contributed by atoms with van der Waals surface area (Å²) in [5.41, 5.74) is 0.619. The molecule has 7 nitrogen and oxygen atoms in total. The van der Waals surface area contributed by atoms with Crippen LogP contribution < -0.4 is 19.5 Å². The van der Waals surface area contributed by atoms with Gasteiger partial charge in [-0.15, -0.1) is 0 Å². The maximum Gasteiger partial charge on any atom is 0.341 e. The van der Waals surface area contributed by atoms with Crippen LogP contribution >= 0.6 is 0 Å². The minimum atomic E-state index is -1.04. The number of carboxylic acid groups (broad SMARTS) is 1. The molecule has 0 aromatic heterocycles. The Morgan fingerprint density at radius 1 is 0.923 bits per heavy atom. The number of benzene rings is 2. The Balaban J connectivity index is 1.67. The molecule has 26 heavy (non-hydrogen) atoms. The Bertz CT molecular complexity index is 712. The van der Waals surface area contributed by atoms with E-state index in [1.807, 2.05) is 24.3 Å². The molecule has 138 valence electrons. The molecule has 0 aliphatic rings. The van der Waals surface area contributed by atoms with Gasteiger partial charge in [0.2, 0.25) is 5.91 Å².